The third-order valence-corrected chi connectivity index (χ3v) is 2.58. The van der Waals surface area contributed by atoms with Crippen molar-refractivity contribution in [2.24, 2.45) is 0 Å². The molecular formula is C13H23N3. The second-order valence-corrected chi connectivity index (χ2v) is 4.46. The number of hydrogen-bond acceptors (Lipinski definition) is 3. The Bertz CT molecular complexity index is 310. The van der Waals surface area contributed by atoms with Crippen LogP contribution in [0.3, 0.4) is 0 Å². The molecule has 0 fully saturated rings. The zero-order chi connectivity index (χ0) is 12.0. The number of nitrogens with zero attached hydrogens (tertiary/aromatic N) is 2. The molecule has 0 aliphatic rings. The lowest BCUT2D eigenvalue weighted by Gasteiger charge is -2.16. The van der Waals surface area contributed by atoms with Gasteiger partial charge in [-0.2, -0.15) is 0 Å². The summed E-state index contributed by atoms with van der Waals surface area (Å²) in [5.41, 5.74) is 0. The molecule has 1 aromatic heterocycles. The summed E-state index contributed by atoms with van der Waals surface area (Å²) in [5.74, 6) is 1.96. The Balaban J connectivity index is 2.56. The summed E-state index contributed by atoms with van der Waals surface area (Å²) in [6.45, 7) is 4.43. The Kier molecular flexibility index (Phi) is 5.09. The molecule has 0 saturated heterocycles. The largest absolute Gasteiger partial charge is 0.368 e. The van der Waals surface area contributed by atoms with Crippen molar-refractivity contribution < 1.29 is 0 Å². The van der Waals surface area contributed by atoms with Gasteiger partial charge in [-0.1, -0.05) is 25.8 Å². The van der Waals surface area contributed by atoms with E-state index in [1.54, 1.807) is 0 Å². The standard InChI is InChI=1S/C13H23N3/c1-5-6-8-11(2)14-12-9-7-10-13(15-12)16(3)4/h7,9-11H,5-6,8H2,1-4H3,(H,14,15). The molecule has 3 heteroatoms. The van der Waals surface area contributed by atoms with Crippen LogP contribution >= 0.6 is 0 Å². The van der Waals surface area contributed by atoms with Gasteiger partial charge in [0, 0.05) is 20.1 Å². The molecule has 1 heterocycles. The summed E-state index contributed by atoms with van der Waals surface area (Å²) >= 11 is 0. The van der Waals surface area contributed by atoms with Crippen molar-refractivity contribution in [3.8, 4) is 0 Å². The van der Waals surface area contributed by atoms with Crippen LogP contribution in [0.2, 0.25) is 0 Å². The van der Waals surface area contributed by atoms with Crippen LogP contribution in [0.4, 0.5) is 11.6 Å². The van der Waals surface area contributed by atoms with Gasteiger partial charge in [0.15, 0.2) is 0 Å². The van der Waals surface area contributed by atoms with E-state index in [1.807, 2.05) is 37.2 Å². The zero-order valence-corrected chi connectivity index (χ0v) is 10.8. The minimum atomic E-state index is 0.491. The fraction of sp³-hybridized carbons (Fsp3) is 0.615. The maximum Gasteiger partial charge on any atom is 0.130 e. The maximum atomic E-state index is 4.54. The fourth-order valence-electron chi connectivity index (χ4n) is 1.59. The molecule has 1 atom stereocenters. The summed E-state index contributed by atoms with van der Waals surface area (Å²) in [7, 11) is 4.01. The lowest BCUT2D eigenvalue weighted by Crippen LogP contribution is -2.17. The lowest BCUT2D eigenvalue weighted by molar-refractivity contribution is 0.643. The van der Waals surface area contributed by atoms with Gasteiger partial charge in [-0.05, 0) is 25.5 Å². The smallest absolute Gasteiger partial charge is 0.130 e. The second kappa shape index (κ2) is 6.36. The average Bonchev–Trinajstić information content (AvgIpc) is 2.26. The molecule has 0 saturated carbocycles. The highest BCUT2D eigenvalue weighted by Crippen LogP contribution is 2.13. The zero-order valence-electron chi connectivity index (χ0n) is 10.8. The van der Waals surface area contributed by atoms with Crippen LogP contribution in [0.5, 0.6) is 0 Å². The molecule has 16 heavy (non-hydrogen) atoms. The van der Waals surface area contributed by atoms with E-state index in [9.17, 15) is 0 Å². The number of rotatable bonds is 6. The predicted octanol–water partition coefficient (Wildman–Crippen LogP) is 3.14. The van der Waals surface area contributed by atoms with E-state index >= 15 is 0 Å². The Labute approximate surface area is 98.9 Å². The molecule has 3 nitrogen and oxygen atoms in total. The summed E-state index contributed by atoms with van der Waals surface area (Å²) < 4.78 is 0. The van der Waals surface area contributed by atoms with E-state index in [-0.39, 0.29) is 0 Å². The molecule has 0 spiro atoms. The molecule has 1 aromatic rings. The highest BCUT2D eigenvalue weighted by atomic mass is 15.2. The summed E-state index contributed by atoms with van der Waals surface area (Å²) in [5, 5.41) is 3.43. The van der Waals surface area contributed by atoms with E-state index in [1.165, 1.54) is 19.3 Å². The normalized spacial score (nSPS) is 12.2. The predicted molar refractivity (Wildman–Crippen MR) is 71.2 cm³/mol. The Morgan fingerprint density at radius 1 is 1.38 bits per heavy atom. The van der Waals surface area contributed by atoms with Crippen molar-refractivity contribution in [3.63, 3.8) is 0 Å². The van der Waals surface area contributed by atoms with Gasteiger partial charge in [0.1, 0.15) is 11.6 Å². The number of unbranched alkanes of at least 4 members (excludes halogenated alkanes) is 1. The first kappa shape index (κ1) is 12.8. The third kappa shape index (κ3) is 4.09. The average molecular weight is 221 g/mol. The third-order valence-electron chi connectivity index (χ3n) is 2.58. The number of pyridine rings is 1. The van der Waals surface area contributed by atoms with Crippen molar-refractivity contribution in [1.29, 1.82) is 0 Å². The number of hydrogen-bond donors (Lipinski definition) is 1. The molecule has 0 amide bonds. The van der Waals surface area contributed by atoms with E-state index in [2.05, 4.69) is 24.1 Å². The van der Waals surface area contributed by atoms with Crippen LogP contribution < -0.4 is 10.2 Å². The van der Waals surface area contributed by atoms with Crippen molar-refractivity contribution in [1.82, 2.24) is 4.98 Å². The van der Waals surface area contributed by atoms with Gasteiger partial charge in [-0.25, -0.2) is 4.98 Å². The maximum absolute atomic E-state index is 4.54. The van der Waals surface area contributed by atoms with E-state index in [4.69, 9.17) is 0 Å². The number of anilines is 2. The monoisotopic (exact) mass is 221 g/mol. The Hall–Kier alpha value is -1.25. The van der Waals surface area contributed by atoms with Gasteiger partial charge >= 0.3 is 0 Å². The first-order valence-electron chi connectivity index (χ1n) is 6.04. The van der Waals surface area contributed by atoms with Gasteiger partial charge in [-0.15, -0.1) is 0 Å². The lowest BCUT2D eigenvalue weighted by atomic mass is 10.1. The molecule has 0 aliphatic carbocycles. The van der Waals surface area contributed by atoms with Crippen LogP contribution in [-0.4, -0.2) is 25.1 Å². The van der Waals surface area contributed by atoms with Crippen molar-refractivity contribution in [3.05, 3.63) is 18.2 Å². The minimum Gasteiger partial charge on any atom is -0.368 e. The highest BCUT2D eigenvalue weighted by Gasteiger charge is 2.03. The molecular weight excluding hydrogens is 198 g/mol. The highest BCUT2D eigenvalue weighted by molar-refractivity contribution is 5.46. The fourth-order valence-corrected chi connectivity index (χ4v) is 1.59. The van der Waals surface area contributed by atoms with Gasteiger partial charge in [0.2, 0.25) is 0 Å². The summed E-state index contributed by atoms with van der Waals surface area (Å²) in [4.78, 5) is 6.55. The van der Waals surface area contributed by atoms with E-state index in [0.29, 0.717) is 6.04 Å². The van der Waals surface area contributed by atoms with Gasteiger partial charge in [0.25, 0.3) is 0 Å². The van der Waals surface area contributed by atoms with Crippen molar-refractivity contribution in [2.75, 3.05) is 24.3 Å². The van der Waals surface area contributed by atoms with Gasteiger partial charge in [0.05, 0.1) is 0 Å². The second-order valence-electron chi connectivity index (χ2n) is 4.46. The minimum absolute atomic E-state index is 0.491. The van der Waals surface area contributed by atoms with Crippen LogP contribution in [0.1, 0.15) is 33.1 Å². The molecule has 1 N–H and O–H groups in total. The van der Waals surface area contributed by atoms with Gasteiger partial charge < -0.3 is 10.2 Å². The summed E-state index contributed by atoms with van der Waals surface area (Å²) in [6.07, 6.45) is 3.71. The topological polar surface area (TPSA) is 28.2 Å². The first-order valence-corrected chi connectivity index (χ1v) is 6.04. The SMILES string of the molecule is CCCCC(C)Nc1cccc(N(C)C)n1. The molecule has 0 bridgehead atoms. The Morgan fingerprint density at radius 2 is 2.12 bits per heavy atom. The Morgan fingerprint density at radius 3 is 2.75 bits per heavy atom. The molecule has 1 rings (SSSR count). The molecule has 90 valence electrons. The van der Waals surface area contributed by atoms with Crippen LogP contribution in [-0.2, 0) is 0 Å². The van der Waals surface area contributed by atoms with Crippen LogP contribution in [0.15, 0.2) is 18.2 Å². The van der Waals surface area contributed by atoms with Gasteiger partial charge in [-0.3, -0.25) is 0 Å². The van der Waals surface area contributed by atoms with Crippen molar-refractivity contribution >= 4 is 11.6 Å². The number of nitrogens with one attached hydrogen (secondary N) is 1. The van der Waals surface area contributed by atoms with Crippen molar-refractivity contribution in [2.45, 2.75) is 39.2 Å². The molecule has 0 aromatic carbocycles. The molecule has 0 aliphatic heterocycles. The first-order chi connectivity index (χ1) is 7.63. The quantitative estimate of drug-likeness (QED) is 0.800. The number of aromatic nitrogens is 1. The van der Waals surface area contributed by atoms with Crippen LogP contribution in [0.25, 0.3) is 0 Å². The molecule has 1 unspecified atom stereocenters. The summed E-state index contributed by atoms with van der Waals surface area (Å²) in [6, 6.07) is 6.57. The van der Waals surface area contributed by atoms with E-state index < -0.39 is 0 Å². The van der Waals surface area contributed by atoms with E-state index in [0.717, 1.165) is 11.6 Å². The molecule has 0 radical (unpaired) electrons. The van der Waals surface area contributed by atoms with Crippen LogP contribution in [0, 0.1) is 0 Å².